The SMILES string of the molecule is O=[N+]([O-])c1ccc(-c2c(-c3ccc(Br)cc3)csc2N2CCCCC2)cc1. The van der Waals surface area contributed by atoms with Crippen LogP contribution in [0.4, 0.5) is 10.7 Å². The Morgan fingerprint density at radius 1 is 0.926 bits per heavy atom. The summed E-state index contributed by atoms with van der Waals surface area (Å²) in [4.78, 5) is 13.1. The van der Waals surface area contributed by atoms with Crippen molar-refractivity contribution in [3.63, 3.8) is 0 Å². The maximum absolute atomic E-state index is 11.0. The number of hydrogen-bond acceptors (Lipinski definition) is 4. The Balaban J connectivity index is 1.83. The molecule has 0 unspecified atom stereocenters. The zero-order valence-electron chi connectivity index (χ0n) is 14.7. The normalized spacial score (nSPS) is 14.3. The van der Waals surface area contributed by atoms with E-state index in [1.54, 1.807) is 23.5 Å². The van der Waals surface area contributed by atoms with Crippen LogP contribution in [0.2, 0.25) is 0 Å². The third-order valence-electron chi connectivity index (χ3n) is 4.94. The first-order chi connectivity index (χ1) is 13.1. The minimum Gasteiger partial charge on any atom is -0.363 e. The molecule has 6 heteroatoms. The Morgan fingerprint density at radius 3 is 2.19 bits per heavy atom. The second kappa shape index (κ2) is 7.82. The topological polar surface area (TPSA) is 46.4 Å². The molecule has 0 bridgehead atoms. The van der Waals surface area contributed by atoms with Crippen LogP contribution in [0, 0.1) is 10.1 Å². The van der Waals surface area contributed by atoms with Crippen LogP contribution in [0.3, 0.4) is 0 Å². The number of nitrogens with zero attached hydrogens (tertiary/aromatic N) is 2. The number of hydrogen-bond donors (Lipinski definition) is 0. The van der Waals surface area contributed by atoms with Crippen molar-refractivity contribution in [3.05, 3.63) is 68.5 Å². The van der Waals surface area contributed by atoms with E-state index >= 15 is 0 Å². The summed E-state index contributed by atoms with van der Waals surface area (Å²) < 4.78 is 1.05. The number of halogens is 1. The van der Waals surface area contributed by atoms with Crippen molar-refractivity contribution in [2.75, 3.05) is 18.0 Å². The number of nitro benzene ring substituents is 1. The van der Waals surface area contributed by atoms with Gasteiger partial charge in [0, 0.05) is 46.2 Å². The van der Waals surface area contributed by atoms with Gasteiger partial charge in [-0.1, -0.05) is 28.1 Å². The van der Waals surface area contributed by atoms with E-state index in [1.807, 2.05) is 24.3 Å². The van der Waals surface area contributed by atoms with E-state index in [-0.39, 0.29) is 10.6 Å². The molecule has 1 saturated heterocycles. The molecule has 0 spiro atoms. The van der Waals surface area contributed by atoms with Gasteiger partial charge < -0.3 is 4.90 Å². The summed E-state index contributed by atoms with van der Waals surface area (Å²) in [5.74, 6) is 0. The van der Waals surface area contributed by atoms with E-state index in [4.69, 9.17) is 0 Å². The smallest absolute Gasteiger partial charge is 0.269 e. The predicted molar refractivity (Wildman–Crippen MR) is 116 cm³/mol. The number of benzene rings is 2. The number of piperidine rings is 1. The van der Waals surface area contributed by atoms with Crippen LogP contribution < -0.4 is 4.90 Å². The zero-order chi connectivity index (χ0) is 18.8. The number of rotatable bonds is 4. The molecule has 3 aromatic rings. The van der Waals surface area contributed by atoms with Crippen LogP contribution in [0.25, 0.3) is 22.3 Å². The quantitative estimate of drug-likeness (QED) is 0.331. The molecule has 0 amide bonds. The van der Waals surface area contributed by atoms with Crippen LogP contribution in [-0.4, -0.2) is 18.0 Å². The summed E-state index contributed by atoms with van der Waals surface area (Å²) in [5.41, 5.74) is 4.67. The third kappa shape index (κ3) is 3.77. The average Bonchev–Trinajstić information content (AvgIpc) is 3.14. The summed E-state index contributed by atoms with van der Waals surface area (Å²) in [6, 6.07) is 15.3. The highest BCUT2D eigenvalue weighted by molar-refractivity contribution is 9.10. The molecule has 0 saturated carbocycles. The van der Waals surface area contributed by atoms with E-state index < -0.39 is 0 Å². The molecule has 1 aromatic heterocycles. The highest BCUT2D eigenvalue weighted by Gasteiger charge is 2.22. The van der Waals surface area contributed by atoms with E-state index in [2.05, 4.69) is 38.3 Å². The Kier molecular flexibility index (Phi) is 5.27. The van der Waals surface area contributed by atoms with Gasteiger partial charge in [0.1, 0.15) is 0 Å². The Hall–Kier alpha value is -2.18. The zero-order valence-corrected chi connectivity index (χ0v) is 17.1. The van der Waals surface area contributed by atoms with Gasteiger partial charge in [0.05, 0.1) is 9.92 Å². The van der Waals surface area contributed by atoms with Crippen molar-refractivity contribution in [2.24, 2.45) is 0 Å². The molecule has 2 heterocycles. The minimum atomic E-state index is -0.349. The predicted octanol–water partition coefficient (Wildman–Crippen LogP) is 6.74. The lowest BCUT2D eigenvalue weighted by Crippen LogP contribution is -2.28. The van der Waals surface area contributed by atoms with Crippen LogP contribution in [0.1, 0.15) is 19.3 Å². The van der Waals surface area contributed by atoms with Crippen molar-refractivity contribution in [1.29, 1.82) is 0 Å². The van der Waals surface area contributed by atoms with Gasteiger partial charge in [0.25, 0.3) is 5.69 Å². The van der Waals surface area contributed by atoms with Crippen molar-refractivity contribution in [2.45, 2.75) is 19.3 Å². The second-order valence-electron chi connectivity index (χ2n) is 6.69. The minimum absolute atomic E-state index is 0.124. The molecule has 4 nitrogen and oxygen atoms in total. The van der Waals surface area contributed by atoms with Gasteiger partial charge in [-0.05, 0) is 54.7 Å². The number of nitro groups is 1. The molecule has 1 aliphatic rings. The molecule has 4 rings (SSSR count). The van der Waals surface area contributed by atoms with E-state index in [1.165, 1.54) is 35.4 Å². The molecule has 27 heavy (non-hydrogen) atoms. The lowest BCUT2D eigenvalue weighted by Gasteiger charge is -2.29. The molecule has 1 fully saturated rings. The first-order valence-corrected chi connectivity index (χ1v) is 10.7. The maximum Gasteiger partial charge on any atom is 0.269 e. The number of non-ortho nitro benzene ring substituents is 1. The van der Waals surface area contributed by atoms with Gasteiger partial charge in [-0.3, -0.25) is 10.1 Å². The standard InChI is InChI=1S/C21H19BrN2O2S/c22-17-8-4-15(5-9-17)19-14-27-21(23-12-2-1-3-13-23)20(19)16-6-10-18(11-7-16)24(25)26/h4-11,14H,1-3,12-13H2. The average molecular weight is 443 g/mol. The Morgan fingerprint density at radius 2 is 1.56 bits per heavy atom. The molecular formula is C21H19BrN2O2S. The van der Waals surface area contributed by atoms with Crippen LogP contribution >= 0.6 is 27.3 Å². The van der Waals surface area contributed by atoms with Crippen molar-refractivity contribution in [1.82, 2.24) is 0 Å². The molecule has 0 N–H and O–H groups in total. The van der Waals surface area contributed by atoms with Gasteiger partial charge in [-0.2, -0.15) is 0 Å². The number of anilines is 1. The van der Waals surface area contributed by atoms with Gasteiger partial charge in [0.15, 0.2) is 0 Å². The summed E-state index contributed by atoms with van der Waals surface area (Å²) in [7, 11) is 0. The van der Waals surface area contributed by atoms with Gasteiger partial charge in [0.2, 0.25) is 0 Å². The summed E-state index contributed by atoms with van der Waals surface area (Å²) >= 11 is 5.27. The molecule has 0 atom stereocenters. The van der Waals surface area contributed by atoms with E-state index in [0.29, 0.717) is 0 Å². The summed E-state index contributed by atoms with van der Waals surface area (Å²) in [6.45, 7) is 2.14. The molecule has 1 aliphatic heterocycles. The van der Waals surface area contributed by atoms with Gasteiger partial charge in [-0.15, -0.1) is 11.3 Å². The van der Waals surface area contributed by atoms with E-state index in [9.17, 15) is 10.1 Å². The molecule has 0 radical (unpaired) electrons. The highest BCUT2D eigenvalue weighted by atomic mass is 79.9. The molecule has 0 aliphatic carbocycles. The van der Waals surface area contributed by atoms with Crippen LogP contribution in [0.15, 0.2) is 58.4 Å². The Labute approximate surface area is 170 Å². The maximum atomic E-state index is 11.0. The lowest BCUT2D eigenvalue weighted by molar-refractivity contribution is -0.384. The first-order valence-electron chi connectivity index (χ1n) is 9.01. The van der Waals surface area contributed by atoms with Gasteiger partial charge >= 0.3 is 0 Å². The monoisotopic (exact) mass is 442 g/mol. The summed E-state index contributed by atoms with van der Waals surface area (Å²) in [6.07, 6.45) is 3.71. The first kappa shape index (κ1) is 18.2. The fourth-order valence-corrected chi connectivity index (χ4v) is 4.97. The van der Waals surface area contributed by atoms with E-state index in [0.717, 1.165) is 28.7 Å². The summed E-state index contributed by atoms with van der Waals surface area (Å²) in [5, 5.41) is 14.5. The number of thiophene rings is 1. The van der Waals surface area contributed by atoms with Crippen LogP contribution in [-0.2, 0) is 0 Å². The second-order valence-corrected chi connectivity index (χ2v) is 8.46. The van der Waals surface area contributed by atoms with Crippen LogP contribution in [0.5, 0.6) is 0 Å². The highest BCUT2D eigenvalue weighted by Crippen LogP contribution is 2.45. The lowest BCUT2D eigenvalue weighted by atomic mass is 9.97. The molecule has 138 valence electrons. The largest absolute Gasteiger partial charge is 0.363 e. The third-order valence-corrected chi connectivity index (χ3v) is 6.50. The fourth-order valence-electron chi connectivity index (χ4n) is 3.55. The van der Waals surface area contributed by atoms with Crippen molar-refractivity contribution in [3.8, 4) is 22.3 Å². The van der Waals surface area contributed by atoms with Crippen molar-refractivity contribution < 1.29 is 4.92 Å². The van der Waals surface area contributed by atoms with Crippen molar-refractivity contribution >= 4 is 38.0 Å². The fraction of sp³-hybridized carbons (Fsp3) is 0.238. The Bertz CT molecular complexity index is 945. The molecular weight excluding hydrogens is 424 g/mol. The van der Waals surface area contributed by atoms with Gasteiger partial charge in [-0.25, -0.2) is 0 Å². The molecule has 2 aromatic carbocycles.